The van der Waals surface area contributed by atoms with E-state index in [1.807, 2.05) is 18.7 Å². The molecule has 116 valence electrons. The minimum absolute atomic E-state index is 0.134. The van der Waals surface area contributed by atoms with Gasteiger partial charge >= 0.3 is 5.97 Å². The van der Waals surface area contributed by atoms with Gasteiger partial charge in [0.05, 0.1) is 12.3 Å². The molecular formula is C15H23N3O3. The average molecular weight is 293 g/mol. The molecule has 1 aromatic heterocycles. The molecule has 6 heteroatoms. The van der Waals surface area contributed by atoms with E-state index >= 15 is 0 Å². The Kier molecular flexibility index (Phi) is 4.65. The van der Waals surface area contributed by atoms with Crippen molar-refractivity contribution < 1.29 is 14.3 Å². The molecule has 1 aliphatic rings. The first-order valence-corrected chi connectivity index (χ1v) is 7.43. The number of nitrogens with zero attached hydrogens (tertiary/aromatic N) is 3. The van der Waals surface area contributed by atoms with Crippen LogP contribution in [-0.2, 0) is 29.5 Å². The van der Waals surface area contributed by atoms with Crippen LogP contribution < -0.4 is 0 Å². The van der Waals surface area contributed by atoms with Gasteiger partial charge in [-0.15, -0.1) is 0 Å². The van der Waals surface area contributed by atoms with Crippen LogP contribution in [0.25, 0.3) is 0 Å². The lowest BCUT2D eigenvalue weighted by Crippen LogP contribution is -2.36. The fourth-order valence-corrected chi connectivity index (χ4v) is 2.65. The minimum Gasteiger partial charge on any atom is -0.461 e. The lowest BCUT2D eigenvalue weighted by molar-refractivity contribution is -0.132. The van der Waals surface area contributed by atoms with Gasteiger partial charge in [-0.3, -0.25) is 9.48 Å². The molecule has 0 spiro atoms. The maximum atomic E-state index is 12.2. The molecule has 0 bridgehead atoms. The van der Waals surface area contributed by atoms with Gasteiger partial charge in [0.1, 0.15) is 0 Å². The van der Waals surface area contributed by atoms with E-state index in [-0.39, 0.29) is 11.9 Å². The van der Waals surface area contributed by atoms with E-state index in [1.165, 1.54) is 0 Å². The van der Waals surface area contributed by atoms with Gasteiger partial charge in [0, 0.05) is 38.5 Å². The standard InChI is InChI=1S/C15H23N3O3/c1-5-21-15(20)14-11-9-18(13(19)8-10(2)3)7-6-12(11)16-17(14)4/h10H,5-9H2,1-4H3. The fraction of sp³-hybridized carbons (Fsp3) is 0.667. The Hall–Kier alpha value is -1.85. The zero-order chi connectivity index (χ0) is 15.6. The molecule has 2 rings (SSSR count). The Morgan fingerprint density at radius 1 is 1.38 bits per heavy atom. The summed E-state index contributed by atoms with van der Waals surface area (Å²) in [5.41, 5.74) is 2.20. The third kappa shape index (κ3) is 3.25. The summed E-state index contributed by atoms with van der Waals surface area (Å²) in [6.45, 7) is 7.28. The Labute approximate surface area is 125 Å². The lowest BCUT2D eigenvalue weighted by atomic mass is 10.0. The molecule has 0 fully saturated rings. The van der Waals surface area contributed by atoms with Crippen LogP contribution in [0.3, 0.4) is 0 Å². The molecule has 0 saturated heterocycles. The van der Waals surface area contributed by atoms with Crippen LogP contribution in [0.5, 0.6) is 0 Å². The molecule has 1 aromatic rings. The molecule has 6 nitrogen and oxygen atoms in total. The van der Waals surface area contributed by atoms with E-state index in [1.54, 1.807) is 18.7 Å². The van der Waals surface area contributed by atoms with Crippen molar-refractivity contribution in [2.24, 2.45) is 13.0 Å². The van der Waals surface area contributed by atoms with Crippen molar-refractivity contribution in [3.8, 4) is 0 Å². The number of carbonyl (C=O) groups is 2. The first-order valence-electron chi connectivity index (χ1n) is 7.43. The third-order valence-corrected chi connectivity index (χ3v) is 3.60. The van der Waals surface area contributed by atoms with Crippen LogP contribution in [-0.4, -0.2) is 39.7 Å². The van der Waals surface area contributed by atoms with E-state index in [0.29, 0.717) is 44.1 Å². The van der Waals surface area contributed by atoms with Crippen molar-refractivity contribution in [1.82, 2.24) is 14.7 Å². The molecule has 0 N–H and O–H groups in total. The quantitative estimate of drug-likeness (QED) is 0.790. The first-order chi connectivity index (χ1) is 9.93. The molecule has 1 aliphatic heterocycles. The summed E-state index contributed by atoms with van der Waals surface area (Å²) in [5.74, 6) is 0.0959. The van der Waals surface area contributed by atoms with Crippen LogP contribution in [0.15, 0.2) is 0 Å². The second-order valence-corrected chi connectivity index (χ2v) is 5.78. The monoisotopic (exact) mass is 293 g/mol. The highest BCUT2D eigenvalue weighted by Crippen LogP contribution is 2.23. The summed E-state index contributed by atoms with van der Waals surface area (Å²) in [4.78, 5) is 26.1. The lowest BCUT2D eigenvalue weighted by Gasteiger charge is -2.27. The number of rotatable bonds is 4. The van der Waals surface area contributed by atoms with E-state index in [0.717, 1.165) is 11.3 Å². The molecule has 0 aliphatic carbocycles. The number of amides is 1. The fourth-order valence-electron chi connectivity index (χ4n) is 2.65. The molecule has 2 heterocycles. The van der Waals surface area contributed by atoms with Gasteiger partial charge in [-0.05, 0) is 12.8 Å². The van der Waals surface area contributed by atoms with Crippen molar-refractivity contribution in [2.75, 3.05) is 13.2 Å². The first kappa shape index (κ1) is 15.5. The van der Waals surface area contributed by atoms with Crippen molar-refractivity contribution in [2.45, 2.75) is 40.2 Å². The van der Waals surface area contributed by atoms with E-state index in [9.17, 15) is 9.59 Å². The van der Waals surface area contributed by atoms with Crippen molar-refractivity contribution in [1.29, 1.82) is 0 Å². The summed E-state index contributed by atoms with van der Waals surface area (Å²) >= 11 is 0. The SMILES string of the molecule is CCOC(=O)c1c2c(nn1C)CCN(C(=O)CC(C)C)C2. The van der Waals surface area contributed by atoms with Gasteiger partial charge in [0.15, 0.2) is 5.69 Å². The van der Waals surface area contributed by atoms with Gasteiger partial charge in [-0.25, -0.2) is 4.79 Å². The second kappa shape index (κ2) is 6.28. The molecular weight excluding hydrogens is 270 g/mol. The summed E-state index contributed by atoms with van der Waals surface area (Å²) in [6, 6.07) is 0. The molecule has 0 atom stereocenters. The number of aromatic nitrogens is 2. The molecule has 0 aromatic carbocycles. The number of aryl methyl sites for hydroxylation is 1. The highest BCUT2D eigenvalue weighted by molar-refractivity contribution is 5.90. The van der Waals surface area contributed by atoms with Crippen LogP contribution in [0.1, 0.15) is 48.9 Å². The van der Waals surface area contributed by atoms with Crippen molar-refractivity contribution >= 4 is 11.9 Å². The largest absolute Gasteiger partial charge is 0.461 e. The van der Waals surface area contributed by atoms with E-state index < -0.39 is 0 Å². The minimum atomic E-state index is -0.369. The van der Waals surface area contributed by atoms with Crippen molar-refractivity contribution in [3.63, 3.8) is 0 Å². The summed E-state index contributed by atoms with van der Waals surface area (Å²) in [7, 11) is 1.74. The molecule has 0 saturated carbocycles. The maximum absolute atomic E-state index is 12.2. The summed E-state index contributed by atoms with van der Waals surface area (Å²) in [5, 5.41) is 4.39. The third-order valence-electron chi connectivity index (χ3n) is 3.60. The number of hydrogen-bond acceptors (Lipinski definition) is 4. The Bertz CT molecular complexity index is 549. The zero-order valence-corrected chi connectivity index (χ0v) is 13.2. The Morgan fingerprint density at radius 2 is 2.10 bits per heavy atom. The number of ether oxygens (including phenoxy) is 1. The zero-order valence-electron chi connectivity index (χ0n) is 13.2. The predicted octanol–water partition coefficient (Wildman–Crippen LogP) is 1.53. The van der Waals surface area contributed by atoms with Crippen LogP contribution >= 0.6 is 0 Å². The topological polar surface area (TPSA) is 64.4 Å². The summed E-state index contributed by atoms with van der Waals surface area (Å²) in [6.07, 6.45) is 1.22. The van der Waals surface area contributed by atoms with Crippen LogP contribution in [0, 0.1) is 5.92 Å². The van der Waals surface area contributed by atoms with Crippen LogP contribution in [0.4, 0.5) is 0 Å². The smallest absolute Gasteiger partial charge is 0.356 e. The Morgan fingerprint density at radius 3 is 2.71 bits per heavy atom. The number of hydrogen-bond donors (Lipinski definition) is 0. The molecule has 0 radical (unpaired) electrons. The normalized spacial score (nSPS) is 14.2. The highest BCUT2D eigenvalue weighted by Gasteiger charge is 2.29. The van der Waals surface area contributed by atoms with Gasteiger partial charge < -0.3 is 9.64 Å². The maximum Gasteiger partial charge on any atom is 0.356 e. The van der Waals surface area contributed by atoms with Gasteiger partial charge in [-0.2, -0.15) is 5.10 Å². The van der Waals surface area contributed by atoms with Gasteiger partial charge in [0.25, 0.3) is 0 Å². The average Bonchev–Trinajstić information content (AvgIpc) is 2.72. The Balaban J connectivity index is 2.22. The highest BCUT2D eigenvalue weighted by atomic mass is 16.5. The van der Waals surface area contributed by atoms with E-state index in [4.69, 9.17) is 4.74 Å². The molecule has 21 heavy (non-hydrogen) atoms. The van der Waals surface area contributed by atoms with E-state index in [2.05, 4.69) is 5.10 Å². The number of esters is 1. The number of fused-ring (bicyclic) bond motifs is 1. The van der Waals surface area contributed by atoms with Crippen molar-refractivity contribution in [3.05, 3.63) is 17.0 Å². The summed E-state index contributed by atoms with van der Waals surface area (Å²) < 4.78 is 6.66. The second-order valence-electron chi connectivity index (χ2n) is 5.78. The molecule has 1 amide bonds. The van der Waals surface area contributed by atoms with Gasteiger partial charge in [-0.1, -0.05) is 13.8 Å². The van der Waals surface area contributed by atoms with Crippen LogP contribution in [0.2, 0.25) is 0 Å². The number of carbonyl (C=O) groups excluding carboxylic acids is 2. The van der Waals surface area contributed by atoms with Gasteiger partial charge in [0.2, 0.25) is 5.91 Å². The predicted molar refractivity (Wildman–Crippen MR) is 77.7 cm³/mol. The molecule has 0 unspecified atom stereocenters.